The lowest BCUT2D eigenvalue weighted by Crippen LogP contribution is -2.25. The largest absolute Gasteiger partial charge is 0.393 e. The number of carbonyl (C=O) groups is 1. The molecule has 1 unspecified atom stereocenters. The Morgan fingerprint density at radius 2 is 2.17 bits per heavy atom. The molecule has 0 saturated heterocycles. The number of aliphatic hydroxyl groups excluding tert-OH is 1. The second-order valence-corrected chi connectivity index (χ2v) is 6.47. The third kappa shape index (κ3) is 4.89. The monoisotopic (exact) mass is 320 g/mol. The maximum atomic E-state index is 11.6. The van der Waals surface area contributed by atoms with Crippen LogP contribution < -0.4 is 11.1 Å². The third-order valence-electron chi connectivity index (χ3n) is 4.69. The molecule has 1 amide bonds. The van der Waals surface area contributed by atoms with Crippen LogP contribution in [0, 0.1) is 5.92 Å². The fraction of sp³-hybridized carbons (Fsp3) is 0.706. The number of nitrogens with one attached hydrogen (secondary N) is 1. The molecular formula is C17H28N4O2. The van der Waals surface area contributed by atoms with E-state index in [1.807, 2.05) is 0 Å². The number of nitrogens with two attached hydrogens (primary N) is 1. The van der Waals surface area contributed by atoms with Crippen molar-refractivity contribution < 1.29 is 9.90 Å². The highest BCUT2D eigenvalue weighted by atomic mass is 16.3. The lowest BCUT2D eigenvalue weighted by Gasteiger charge is -2.26. The molecule has 23 heavy (non-hydrogen) atoms. The molecule has 1 aliphatic carbocycles. The molecule has 0 aromatic carbocycles. The first kappa shape index (κ1) is 17.7. The van der Waals surface area contributed by atoms with Crippen LogP contribution in [0.15, 0.2) is 6.20 Å². The molecule has 0 aliphatic heterocycles. The predicted octanol–water partition coefficient (Wildman–Crippen LogP) is 2.27. The van der Waals surface area contributed by atoms with E-state index < -0.39 is 5.91 Å². The molecule has 1 aromatic heterocycles. The normalized spacial score (nSPS) is 21.4. The summed E-state index contributed by atoms with van der Waals surface area (Å²) in [6.07, 6.45) is 7.61. The van der Waals surface area contributed by atoms with Crippen molar-refractivity contribution >= 4 is 11.9 Å². The van der Waals surface area contributed by atoms with Crippen LogP contribution >= 0.6 is 0 Å². The van der Waals surface area contributed by atoms with Gasteiger partial charge in [0.2, 0.25) is 5.95 Å². The molecule has 2 atom stereocenters. The van der Waals surface area contributed by atoms with Gasteiger partial charge in [0, 0.05) is 12.2 Å². The summed E-state index contributed by atoms with van der Waals surface area (Å²) in [5, 5.41) is 13.1. The quantitative estimate of drug-likeness (QED) is 0.715. The van der Waals surface area contributed by atoms with Crippen LogP contribution in [0.3, 0.4) is 0 Å². The van der Waals surface area contributed by atoms with Crippen molar-refractivity contribution in [3.8, 4) is 0 Å². The van der Waals surface area contributed by atoms with Crippen molar-refractivity contribution in [2.75, 3.05) is 5.32 Å². The summed E-state index contributed by atoms with van der Waals surface area (Å²) >= 11 is 0. The molecule has 2 rings (SSSR count). The van der Waals surface area contributed by atoms with Crippen LogP contribution in [0.2, 0.25) is 0 Å². The first-order chi connectivity index (χ1) is 11.0. The minimum Gasteiger partial charge on any atom is -0.393 e. The number of aromatic nitrogens is 2. The number of anilines is 1. The number of hydrogen-bond donors (Lipinski definition) is 3. The lowest BCUT2D eigenvalue weighted by atomic mass is 9.84. The van der Waals surface area contributed by atoms with Gasteiger partial charge in [-0.3, -0.25) is 4.79 Å². The van der Waals surface area contributed by atoms with Crippen molar-refractivity contribution in [1.29, 1.82) is 0 Å². The van der Waals surface area contributed by atoms with Crippen LogP contribution in [-0.4, -0.2) is 33.1 Å². The van der Waals surface area contributed by atoms with Crippen LogP contribution in [0.25, 0.3) is 0 Å². The van der Waals surface area contributed by atoms with E-state index in [0.717, 1.165) is 38.5 Å². The number of primary amides is 1. The smallest absolute Gasteiger partial charge is 0.252 e. The predicted molar refractivity (Wildman–Crippen MR) is 90.2 cm³/mol. The fourth-order valence-electron chi connectivity index (χ4n) is 3.24. The molecule has 0 spiro atoms. The fourth-order valence-corrected chi connectivity index (χ4v) is 3.24. The standard InChI is InChI=1S/C17H28N4O2/c1-3-12(4-2)20-17-19-10-14(16(18)23)15(21-17)9-11-6-5-7-13(22)8-11/h10-13,22H,3-9H2,1-2H3,(H2,18,23)(H,19,20,21)/t11?,13-/m0/s1. The Hall–Kier alpha value is -1.69. The first-order valence-corrected chi connectivity index (χ1v) is 8.63. The molecule has 1 saturated carbocycles. The number of nitrogens with zero attached hydrogens (tertiary/aromatic N) is 2. The van der Waals surface area contributed by atoms with E-state index in [1.54, 1.807) is 0 Å². The van der Waals surface area contributed by atoms with Crippen molar-refractivity contribution in [1.82, 2.24) is 9.97 Å². The van der Waals surface area contributed by atoms with Gasteiger partial charge in [0.15, 0.2) is 0 Å². The highest BCUT2D eigenvalue weighted by Crippen LogP contribution is 2.28. The third-order valence-corrected chi connectivity index (χ3v) is 4.69. The highest BCUT2D eigenvalue weighted by molar-refractivity contribution is 5.93. The second-order valence-electron chi connectivity index (χ2n) is 6.47. The van der Waals surface area contributed by atoms with E-state index in [-0.39, 0.29) is 6.10 Å². The molecule has 1 heterocycles. The molecule has 0 radical (unpaired) electrons. The highest BCUT2D eigenvalue weighted by Gasteiger charge is 2.23. The number of hydrogen-bond acceptors (Lipinski definition) is 5. The Balaban J connectivity index is 2.18. The number of rotatable bonds is 7. The Bertz CT molecular complexity index is 531. The summed E-state index contributed by atoms with van der Waals surface area (Å²) < 4.78 is 0. The van der Waals surface area contributed by atoms with Crippen LogP contribution in [0.4, 0.5) is 5.95 Å². The van der Waals surface area contributed by atoms with Crippen molar-refractivity contribution in [2.45, 2.75) is 70.9 Å². The van der Waals surface area contributed by atoms with Gasteiger partial charge >= 0.3 is 0 Å². The van der Waals surface area contributed by atoms with Crippen LogP contribution in [-0.2, 0) is 6.42 Å². The summed E-state index contributed by atoms with van der Waals surface area (Å²) in [5.74, 6) is 0.397. The van der Waals surface area contributed by atoms with Gasteiger partial charge in [-0.2, -0.15) is 0 Å². The Labute approximate surface area is 137 Å². The minimum absolute atomic E-state index is 0.241. The van der Waals surface area contributed by atoms with E-state index in [0.29, 0.717) is 35.6 Å². The minimum atomic E-state index is -0.495. The average Bonchev–Trinajstić information content (AvgIpc) is 2.52. The molecular weight excluding hydrogens is 292 g/mol. The lowest BCUT2D eigenvalue weighted by molar-refractivity contribution is 0.0987. The second kappa shape index (κ2) is 8.24. The summed E-state index contributed by atoms with van der Waals surface area (Å²) in [6, 6.07) is 0.318. The van der Waals surface area contributed by atoms with Crippen molar-refractivity contribution in [3.63, 3.8) is 0 Å². The van der Waals surface area contributed by atoms with Crippen LogP contribution in [0.5, 0.6) is 0 Å². The Morgan fingerprint density at radius 3 is 2.78 bits per heavy atom. The van der Waals surface area contributed by atoms with Gasteiger partial charge in [0.1, 0.15) is 0 Å². The van der Waals surface area contributed by atoms with Gasteiger partial charge < -0.3 is 16.2 Å². The summed E-state index contributed by atoms with van der Waals surface area (Å²) in [5.41, 5.74) is 6.55. The van der Waals surface area contributed by atoms with Gasteiger partial charge in [0.25, 0.3) is 5.91 Å². The molecule has 4 N–H and O–H groups in total. The molecule has 6 nitrogen and oxygen atoms in total. The van der Waals surface area contributed by atoms with Gasteiger partial charge in [0.05, 0.1) is 17.4 Å². The van der Waals surface area contributed by atoms with E-state index in [2.05, 4.69) is 29.1 Å². The molecule has 1 aliphatic rings. The van der Waals surface area contributed by atoms with Crippen molar-refractivity contribution in [2.24, 2.45) is 11.7 Å². The van der Waals surface area contributed by atoms with Crippen LogP contribution in [0.1, 0.15) is 68.4 Å². The maximum Gasteiger partial charge on any atom is 0.252 e. The number of aliphatic hydroxyl groups is 1. The zero-order valence-corrected chi connectivity index (χ0v) is 14.1. The van der Waals surface area contributed by atoms with E-state index in [1.165, 1.54) is 6.20 Å². The van der Waals surface area contributed by atoms with Gasteiger partial charge in [-0.1, -0.05) is 20.3 Å². The van der Waals surface area contributed by atoms with E-state index in [4.69, 9.17) is 5.73 Å². The average molecular weight is 320 g/mol. The van der Waals surface area contributed by atoms with E-state index >= 15 is 0 Å². The maximum absolute atomic E-state index is 11.6. The molecule has 0 bridgehead atoms. The molecule has 1 fully saturated rings. The summed E-state index contributed by atoms with van der Waals surface area (Å²) in [7, 11) is 0. The molecule has 128 valence electrons. The summed E-state index contributed by atoms with van der Waals surface area (Å²) in [4.78, 5) is 20.4. The number of amides is 1. The Morgan fingerprint density at radius 1 is 1.43 bits per heavy atom. The first-order valence-electron chi connectivity index (χ1n) is 8.63. The number of carbonyl (C=O) groups excluding carboxylic acids is 1. The van der Waals surface area contributed by atoms with Crippen molar-refractivity contribution in [3.05, 3.63) is 17.5 Å². The topological polar surface area (TPSA) is 101 Å². The van der Waals surface area contributed by atoms with Gasteiger partial charge in [-0.25, -0.2) is 9.97 Å². The summed E-state index contributed by atoms with van der Waals surface area (Å²) in [6.45, 7) is 4.23. The van der Waals surface area contributed by atoms with Gasteiger partial charge in [-0.15, -0.1) is 0 Å². The molecule has 1 aromatic rings. The SMILES string of the molecule is CCC(CC)Nc1ncc(C(N)=O)c(CC2CCC[C@H](O)C2)n1. The zero-order valence-electron chi connectivity index (χ0n) is 14.1. The molecule has 6 heteroatoms. The van der Waals surface area contributed by atoms with Gasteiger partial charge in [-0.05, 0) is 44.4 Å². The Kier molecular flexibility index (Phi) is 6.33. The van der Waals surface area contributed by atoms with E-state index in [9.17, 15) is 9.90 Å². The zero-order chi connectivity index (χ0) is 16.8.